The van der Waals surface area contributed by atoms with E-state index in [2.05, 4.69) is 4.74 Å². The van der Waals surface area contributed by atoms with Crippen LogP contribution in [0.2, 0.25) is 0 Å². The zero-order valence-corrected chi connectivity index (χ0v) is 12.1. The lowest BCUT2D eigenvalue weighted by atomic mass is 10.0. The van der Waals surface area contributed by atoms with Crippen LogP contribution in [0.4, 0.5) is 18.9 Å². The van der Waals surface area contributed by atoms with Crippen LogP contribution in [0.5, 0.6) is 5.75 Å². The summed E-state index contributed by atoms with van der Waals surface area (Å²) in [6, 6.07) is 1.61. The third-order valence-corrected chi connectivity index (χ3v) is 3.31. The maximum absolute atomic E-state index is 12.4. The molecule has 0 unspecified atom stereocenters. The van der Waals surface area contributed by atoms with Crippen molar-refractivity contribution in [2.24, 2.45) is 0 Å². The van der Waals surface area contributed by atoms with E-state index in [4.69, 9.17) is 4.74 Å². The summed E-state index contributed by atoms with van der Waals surface area (Å²) in [5, 5.41) is 10.9. The van der Waals surface area contributed by atoms with Crippen molar-refractivity contribution in [3.63, 3.8) is 0 Å². The van der Waals surface area contributed by atoms with Gasteiger partial charge in [0.2, 0.25) is 0 Å². The number of carbonyl (C=O) groups excluding carboxylic acids is 1. The van der Waals surface area contributed by atoms with Crippen molar-refractivity contribution < 1.29 is 32.4 Å². The molecule has 0 N–H and O–H groups in total. The Morgan fingerprint density at radius 3 is 2.48 bits per heavy atom. The van der Waals surface area contributed by atoms with Gasteiger partial charge in [0.1, 0.15) is 5.75 Å². The fourth-order valence-electron chi connectivity index (χ4n) is 2.17. The Bertz CT molecular complexity index is 627. The number of hydrogen-bond donors (Lipinski definition) is 0. The second-order valence-electron chi connectivity index (χ2n) is 4.83. The number of halogens is 3. The number of alkyl halides is 3. The average molecular weight is 334 g/mol. The summed E-state index contributed by atoms with van der Waals surface area (Å²) in [5.74, 6) is -1.36. The molecule has 1 saturated heterocycles. The molecule has 1 aromatic rings. The smallest absolute Gasteiger partial charge is 0.405 e. The van der Waals surface area contributed by atoms with Crippen LogP contribution in [0.25, 0.3) is 0 Å². The molecule has 1 heterocycles. The molecule has 0 saturated carbocycles. The fraction of sp³-hybridized carbons (Fsp3) is 0.462. The van der Waals surface area contributed by atoms with Gasteiger partial charge in [0.05, 0.1) is 29.8 Å². The van der Waals surface area contributed by atoms with Crippen LogP contribution in [0.3, 0.4) is 0 Å². The van der Waals surface area contributed by atoms with E-state index >= 15 is 0 Å². The van der Waals surface area contributed by atoms with Gasteiger partial charge in [-0.2, -0.15) is 0 Å². The lowest BCUT2D eigenvalue weighted by Crippen LogP contribution is -2.41. The number of nitrogens with zero attached hydrogens (tertiary/aromatic N) is 2. The Morgan fingerprint density at radius 2 is 1.96 bits per heavy atom. The molecule has 0 aliphatic carbocycles. The molecule has 1 aromatic carbocycles. The molecule has 1 aliphatic rings. The Labute approximate surface area is 128 Å². The topological polar surface area (TPSA) is 81.9 Å². The largest absolute Gasteiger partial charge is 0.573 e. The molecule has 10 heteroatoms. The van der Waals surface area contributed by atoms with Crippen molar-refractivity contribution >= 4 is 11.6 Å². The van der Waals surface area contributed by atoms with Crippen molar-refractivity contribution in [3.05, 3.63) is 33.4 Å². The second-order valence-corrected chi connectivity index (χ2v) is 4.83. The number of nitro groups is 1. The van der Waals surface area contributed by atoms with Gasteiger partial charge in [-0.25, -0.2) is 0 Å². The average Bonchev–Trinajstić information content (AvgIpc) is 2.48. The summed E-state index contributed by atoms with van der Waals surface area (Å²) in [6.45, 7) is 2.36. The number of nitro benzene ring substituents is 1. The lowest BCUT2D eigenvalue weighted by Gasteiger charge is -2.27. The van der Waals surface area contributed by atoms with Crippen molar-refractivity contribution in [2.75, 3.05) is 26.3 Å². The molecule has 0 aromatic heterocycles. The quantitative estimate of drug-likeness (QED) is 0.626. The molecule has 126 valence electrons. The second kappa shape index (κ2) is 6.41. The maximum Gasteiger partial charge on any atom is 0.573 e. The highest BCUT2D eigenvalue weighted by Gasteiger charge is 2.34. The first-order valence-electron chi connectivity index (χ1n) is 6.61. The predicted octanol–water partition coefficient (Wildman–Crippen LogP) is 2.27. The number of rotatable bonds is 3. The van der Waals surface area contributed by atoms with Crippen LogP contribution in [-0.4, -0.2) is 48.4 Å². The summed E-state index contributed by atoms with van der Waals surface area (Å²) in [5.41, 5.74) is -0.948. The minimum absolute atomic E-state index is 0.107. The van der Waals surface area contributed by atoms with E-state index in [0.29, 0.717) is 19.3 Å². The van der Waals surface area contributed by atoms with Crippen LogP contribution < -0.4 is 4.74 Å². The number of hydrogen-bond acceptors (Lipinski definition) is 5. The molecule has 1 fully saturated rings. The van der Waals surface area contributed by atoms with Crippen LogP contribution in [-0.2, 0) is 4.74 Å². The number of morpholine rings is 1. The summed E-state index contributed by atoms with van der Waals surface area (Å²) < 4.78 is 46.2. The Morgan fingerprint density at radius 1 is 1.35 bits per heavy atom. The zero-order valence-electron chi connectivity index (χ0n) is 12.1. The SMILES string of the molecule is Cc1c(OC(F)(F)F)cc([N+](=O)[O-])cc1C(=O)N1CCOCC1. The first-order valence-corrected chi connectivity index (χ1v) is 6.61. The molecule has 0 radical (unpaired) electrons. The standard InChI is InChI=1S/C13H13F3N2O5/c1-8-10(12(19)17-2-4-22-5-3-17)6-9(18(20)21)7-11(8)23-13(14,15)16/h6-7H,2-5H2,1H3. The van der Waals surface area contributed by atoms with E-state index in [-0.39, 0.29) is 24.2 Å². The third kappa shape index (κ3) is 4.09. The van der Waals surface area contributed by atoms with Crippen molar-refractivity contribution in [1.82, 2.24) is 4.90 Å². The molecule has 1 amide bonds. The van der Waals surface area contributed by atoms with E-state index in [1.807, 2.05) is 0 Å². The van der Waals surface area contributed by atoms with Crippen LogP contribution in [0.1, 0.15) is 15.9 Å². The van der Waals surface area contributed by atoms with Crippen LogP contribution >= 0.6 is 0 Å². The highest BCUT2D eigenvalue weighted by atomic mass is 19.4. The van der Waals surface area contributed by atoms with Gasteiger partial charge in [0, 0.05) is 24.7 Å². The molecule has 1 aliphatic heterocycles. The monoisotopic (exact) mass is 334 g/mol. The van der Waals surface area contributed by atoms with Crippen molar-refractivity contribution in [2.45, 2.75) is 13.3 Å². The van der Waals surface area contributed by atoms with Crippen molar-refractivity contribution in [3.8, 4) is 5.75 Å². The molecular formula is C13H13F3N2O5. The maximum atomic E-state index is 12.4. The highest BCUT2D eigenvalue weighted by Crippen LogP contribution is 2.33. The zero-order chi connectivity index (χ0) is 17.2. The Balaban J connectivity index is 2.44. The number of carbonyl (C=O) groups is 1. The molecule has 0 atom stereocenters. The van der Waals surface area contributed by atoms with E-state index in [0.717, 1.165) is 6.07 Å². The molecule has 2 rings (SSSR count). The van der Waals surface area contributed by atoms with Gasteiger partial charge >= 0.3 is 6.36 Å². The normalized spacial score (nSPS) is 15.4. The van der Waals surface area contributed by atoms with Gasteiger partial charge in [0.15, 0.2) is 0 Å². The molecule has 23 heavy (non-hydrogen) atoms. The van der Waals surface area contributed by atoms with Gasteiger partial charge < -0.3 is 14.4 Å². The van der Waals surface area contributed by atoms with Gasteiger partial charge in [-0.15, -0.1) is 13.2 Å². The van der Waals surface area contributed by atoms with E-state index < -0.39 is 28.6 Å². The molecular weight excluding hydrogens is 321 g/mol. The third-order valence-electron chi connectivity index (χ3n) is 3.31. The first-order chi connectivity index (χ1) is 10.7. The van der Waals surface area contributed by atoms with Gasteiger partial charge in [-0.1, -0.05) is 0 Å². The van der Waals surface area contributed by atoms with E-state index in [1.54, 1.807) is 0 Å². The molecule has 0 bridgehead atoms. The van der Waals surface area contributed by atoms with Crippen LogP contribution in [0.15, 0.2) is 12.1 Å². The predicted molar refractivity (Wildman–Crippen MR) is 71.2 cm³/mol. The summed E-state index contributed by atoms with van der Waals surface area (Å²) in [6.07, 6.45) is -5.01. The minimum atomic E-state index is -5.01. The van der Waals surface area contributed by atoms with Gasteiger partial charge in [0.25, 0.3) is 11.6 Å². The molecule has 7 nitrogen and oxygen atoms in total. The Kier molecular flexibility index (Phi) is 4.73. The summed E-state index contributed by atoms with van der Waals surface area (Å²) in [7, 11) is 0. The summed E-state index contributed by atoms with van der Waals surface area (Å²) >= 11 is 0. The molecule has 0 spiro atoms. The van der Waals surface area contributed by atoms with E-state index in [9.17, 15) is 28.1 Å². The highest BCUT2D eigenvalue weighted by molar-refractivity contribution is 5.97. The fourth-order valence-corrected chi connectivity index (χ4v) is 2.17. The first kappa shape index (κ1) is 17.0. The van der Waals surface area contributed by atoms with Gasteiger partial charge in [-0.3, -0.25) is 14.9 Å². The van der Waals surface area contributed by atoms with Gasteiger partial charge in [-0.05, 0) is 6.92 Å². The lowest BCUT2D eigenvalue weighted by molar-refractivity contribution is -0.385. The van der Waals surface area contributed by atoms with Crippen molar-refractivity contribution in [1.29, 1.82) is 0 Å². The number of amides is 1. The summed E-state index contributed by atoms with van der Waals surface area (Å²) in [4.78, 5) is 23.8. The van der Waals surface area contributed by atoms with E-state index in [1.165, 1.54) is 11.8 Å². The minimum Gasteiger partial charge on any atom is -0.405 e. The number of benzene rings is 1. The Hall–Kier alpha value is -2.36. The number of ether oxygens (including phenoxy) is 2. The van der Waals surface area contributed by atoms with Crippen LogP contribution in [0, 0.1) is 17.0 Å². The number of non-ortho nitro benzene ring substituents is 1.